The summed E-state index contributed by atoms with van der Waals surface area (Å²) in [6.45, 7) is 5.46. The number of aromatic nitrogens is 1. The first-order valence-electron chi connectivity index (χ1n) is 10.7. The van der Waals surface area contributed by atoms with E-state index < -0.39 is 11.9 Å². The van der Waals surface area contributed by atoms with Crippen LogP contribution in [0.3, 0.4) is 0 Å². The van der Waals surface area contributed by atoms with Crippen LogP contribution >= 0.6 is 0 Å². The SMILES string of the molecule is Cc1cc(C)c(OCC(=O)N(COC(=O)CN(C)C)/N=C/c2ccc3cc[nH]c3c2)c(C)c1. The van der Waals surface area contributed by atoms with Gasteiger partial charge in [-0.15, -0.1) is 0 Å². The summed E-state index contributed by atoms with van der Waals surface area (Å²) in [5, 5.41) is 6.46. The maximum absolute atomic E-state index is 12.9. The summed E-state index contributed by atoms with van der Waals surface area (Å²) >= 11 is 0. The predicted octanol–water partition coefficient (Wildman–Crippen LogP) is 3.40. The van der Waals surface area contributed by atoms with Gasteiger partial charge < -0.3 is 14.5 Å². The van der Waals surface area contributed by atoms with Crippen LogP contribution in [0.4, 0.5) is 0 Å². The third-order valence-corrected chi connectivity index (χ3v) is 4.95. The van der Waals surface area contributed by atoms with E-state index in [9.17, 15) is 9.59 Å². The number of ether oxygens (including phenoxy) is 2. The minimum absolute atomic E-state index is 0.105. The van der Waals surface area contributed by atoms with Gasteiger partial charge in [-0.1, -0.05) is 29.8 Å². The number of amides is 1. The zero-order chi connectivity index (χ0) is 24.0. The summed E-state index contributed by atoms with van der Waals surface area (Å²) in [7, 11) is 3.53. The number of fused-ring (bicyclic) bond motifs is 1. The number of aryl methyl sites for hydroxylation is 3. The number of hydrogen-bond acceptors (Lipinski definition) is 6. The number of hydrazone groups is 1. The maximum atomic E-state index is 12.9. The predicted molar refractivity (Wildman–Crippen MR) is 128 cm³/mol. The number of rotatable bonds is 9. The molecular formula is C25H30N4O4. The number of nitrogens with one attached hydrogen (secondary N) is 1. The molecule has 1 heterocycles. The first-order chi connectivity index (χ1) is 15.7. The Bertz CT molecular complexity index is 1140. The van der Waals surface area contributed by atoms with Crippen LogP contribution in [0, 0.1) is 20.8 Å². The Labute approximate surface area is 193 Å². The van der Waals surface area contributed by atoms with Crippen LogP contribution in [0.2, 0.25) is 0 Å². The Morgan fingerprint density at radius 1 is 1.06 bits per heavy atom. The van der Waals surface area contributed by atoms with Crippen molar-refractivity contribution in [2.75, 3.05) is 34.0 Å². The number of hydrogen-bond donors (Lipinski definition) is 1. The standard InChI is InChI=1S/C25H30N4O4/c1-17-10-18(2)25(19(3)11-17)32-15-23(30)29(16-33-24(31)14-28(4)5)27-13-20-6-7-21-8-9-26-22(21)12-20/h6-13,26H,14-16H2,1-5H3/b27-13+. The molecule has 8 heteroatoms. The highest BCUT2D eigenvalue weighted by Gasteiger charge is 2.17. The van der Waals surface area contributed by atoms with E-state index in [1.54, 1.807) is 25.2 Å². The molecule has 0 saturated heterocycles. The third-order valence-electron chi connectivity index (χ3n) is 4.95. The third kappa shape index (κ3) is 6.66. The van der Waals surface area contributed by atoms with Crippen LogP contribution in [0.1, 0.15) is 22.3 Å². The van der Waals surface area contributed by atoms with Crippen molar-refractivity contribution in [3.8, 4) is 5.75 Å². The van der Waals surface area contributed by atoms with Crippen molar-refractivity contribution in [3.63, 3.8) is 0 Å². The van der Waals surface area contributed by atoms with Gasteiger partial charge in [0.25, 0.3) is 5.91 Å². The van der Waals surface area contributed by atoms with E-state index in [1.165, 1.54) is 0 Å². The molecule has 1 aromatic heterocycles. The molecule has 0 saturated carbocycles. The van der Waals surface area contributed by atoms with Crippen LogP contribution in [0.25, 0.3) is 10.9 Å². The number of aromatic amines is 1. The highest BCUT2D eigenvalue weighted by atomic mass is 16.5. The van der Waals surface area contributed by atoms with Crippen molar-refractivity contribution in [1.29, 1.82) is 0 Å². The summed E-state index contributed by atoms with van der Waals surface area (Å²) in [6, 6.07) is 11.8. The van der Waals surface area contributed by atoms with Crippen LogP contribution in [-0.2, 0) is 14.3 Å². The minimum Gasteiger partial charge on any atom is -0.483 e. The number of nitrogens with zero attached hydrogens (tertiary/aromatic N) is 3. The van der Waals surface area contributed by atoms with E-state index in [-0.39, 0.29) is 19.9 Å². The molecule has 1 amide bonds. The van der Waals surface area contributed by atoms with E-state index >= 15 is 0 Å². The normalized spacial score (nSPS) is 11.3. The van der Waals surface area contributed by atoms with Crippen molar-refractivity contribution >= 4 is 29.0 Å². The smallest absolute Gasteiger partial charge is 0.321 e. The molecular weight excluding hydrogens is 420 g/mol. The van der Waals surface area contributed by atoms with E-state index in [1.807, 2.05) is 63.4 Å². The number of likely N-dealkylation sites (N-methyl/N-ethyl adjacent to an activating group) is 1. The summed E-state index contributed by atoms with van der Waals surface area (Å²) in [4.78, 5) is 29.7. The Morgan fingerprint density at radius 3 is 2.48 bits per heavy atom. The molecule has 2 aromatic carbocycles. The second-order valence-corrected chi connectivity index (χ2v) is 8.26. The second kappa shape index (κ2) is 10.8. The first kappa shape index (κ1) is 24.0. The van der Waals surface area contributed by atoms with Gasteiger partial charge in [-0.25, -0.2) is 0 Å². The fraction of sp³-hybridized carbons (Fsp3) is 0.320. The average Bonchev–Trinajstić information content (AvgIpc) is 3.20. The van der Waals surface area contributed by atoms with E-state index in [0.717, 1.165) is 38.2 Å². The lowest BCUT2D eigenvalue weighted by atomic mass is 10.1. The lowest BCUT2D eigenvalue weighted by molar-refractivity contribution is -0.154. The van der Waals surface area contributed by atoms with Crippen molar-refractivity contribution in [3.05, 3.63) is 64.8 Å². The molecule has 0 fully saturated rings. The van der Waals surface area contributed by atoms with Gasteiger partial charge in [0, 0.05) is 11.7 Å². The molecule has 8 nitrogen and oxygen atoms in total. The van der Waals surface area contributed by atoms with Gasteiger partial charge in [-0.2, -0.15) is 10.1 Å². The van der Waals surface area contributed by atoms with E-state index in [4.69, 9.17) is 9.47 Å². The number of benzene rings is 2. The molecule has 0 unspecified atom stereocenters. The Hall–Kier alpha value is -3.65. The van der Waals surface area contributed by atoms with Gasteiger partial charge in [-0.3, -0.25) is 14.5 Å². The highest BCUT2D eigenvalue weighted by molar-refractivity contribution is 5.89. The Kier molecular flexibility index (Phi) is 7.84. The molecule has 0 aliphatic heterocycles. The van der Waals surface area contributed by atoms with Crippen molar-refractivity contribution in [1.82, 2.24) is 14.9 Å². The van der Waals surface area contributed by atoms with Gasteiger partial charge in [0.2, 0.25) is 0 Å². The monoisotopic (exact) mass is 450 g/mol. The summed E-state index contributed by atoms with van der Waals surface area (Å²) in [5.41, 5.74) is 4.79. The fourth-order valence-electron chi connectivity index (χ4n) is 3.49. The zero-order valence-corrected chi connectivity index (χ0v) is 19.7. The summed E-state index contributed by atoms with van der Waals surface area (Å²) in [6.07, 6.45) is 3.42. The maximum Gasteiger partial charge on any atom is 0.321 e. The van der Waals surface area contributed by atoms with Gasteiger partial charge in [-0.05, 0) is 69.1 Å². The molecule has 3 aromatic rings. The molecule has 0 spiro atoms. The number of carbonyl (C=O) groups is 2. The molecule has 0 atom stereocenters. The van der Waals surface area contributed by atoms with Crippen molar-refractivity contribution in [2.45, 2.75) is 20.8 Å². The number of H-pyrrole nitrogens is 1. The van der Waals surface area contributed by atoms with Gasteiger partial charge in [0.1, 0.15) is 5.75 Å². The molecule has 0 aliphatic carbocycles. The molecule has 0 aliphatic rings. The largest absolute Gasteiger partial charge is 0.483 e. The molecule has 1 N–H and O–H groups in total. The van der Waals surface area contributed by atoms with Crippen LogP contribution in [0.15, 0.2) is 47.7 Å². The number of carbonyl (C=O) groups excluding carboxylic acids is 2. The molecule has 33 heavy (non-hydrogen) atoms. The van der Waals surface area contributed by atoms with Gasteiger partial charge in [0.05, 0.1) is 12.8 Å². The van der Waals surface area contributed by atoms with Gasteiger partial charge in [0.15, 0.2) is 13.3 Å². The second-order valence-electron chi connectivity index (χ2n) is 8.26. The van der Waals surface area contributed by atoms with Crippen LogP contribution in [0.5, 0.6) is 5.75 Å². The lowest BCUT2D eigenvalue weighted by Crippen LogP contribution is -2.35. The van der Waals surface area contributed by atoms with Crippen LogP contribution < -0.4 is 4.74 Å². The Morgan fingerprint density at radius 2 is 1.79 bits per heavy atom. The average molecular weight is 451 g/mol. The summed E-state index contributed by atoms with van der Waals surface area (Å²) in [5.74, 6) is -0.212. The molecule has 3 rings (SSSR count). The van der Waals surface area contributed by atoms with Crippen molar-refractivity contribution < 1.29 is 19.1 Å². The molecule has 174 valence electrons. The topological polar surface area (TPSA) is 87.2 Å². The quantitative estimate of drug-likeness (QED) is 0.234. The minimum atomic E-state index is -0.452. The Balaban J connectivity index is 1.73. The molecule has 0 bridgehead atoms. The number of esters is 1. The zero-order valence-electron chi connectivity index (χ0n) is 19.7. The fourth-order valence-corrected chi connectivity index (χ4v) is 3.49. The highest BCUT2D eigenvalue weighted by Crippen LogP contribution is 2.24. The van der Waals surface area contributed by atoms with E-state index in [2.05, 4.69) is 10.1 Å². The molecule has 0 radical (unpaired) electrons. The lowest BCUT2D eigenvalue weighted by Gasteiger charge is -2.19. The van der Waals surface area contributed by atoms with Crippen LogP contribution in [-0.4, -0.2) is 67.0 Å². The van der Waals surface area contributed by atoms with E-state index in [0.29, 0.717) is 5.75 Å². The van der Waals surface area contributed by atoms with Crippen molar-refractivity contribution in [2.24, 2.45) is 5.10 Å². The summed E-state index contributed by atoms with van der Waals surface area (Å²) < 4.78 is 11.1. The first-order valence-corrected chi connectivity index (χ1v) is 10.7. The van der Waals surface area contributed by atoms with Gasteiger partial charge >= 0.3 is 5.97 Å².